The average Bonchev–Trinajstić information content (AvgIpc) is 2.03. The molecule has 84 valence electrons. The standard InChI is InChI=1S/C6H14N2O2.HO3P/c7-4-2-1-3-5(8)6(9)10;1-4(2)3/h5H,1-4,7-8H2,(H,9,10);(H-,1,2,3)/p+1/t5-;/m0./s1. The highest BCUT2D eigenvalue weighted by atomic mass is 31.1. The largest absolute Gasteiger partial charge is 0.692 e. The van der Waals surface area contributed by atoms with Gasteiger partial charge >= 0.3 is 14.2 Å². The van der Waals surface area contributed by atoms with Gasteiger partial charge in [-0.2, -0.15) is 0 Å². The van der Waals surface area contributed by atoms with E-state index < -0.39 is 20.3 Å². The number of carboxylic acid groups (broad SMARTS) is 1. The third-order valence-corrected chi connectivity index (χ3v) is 1.29. The molecule has 7 N–H and O–H groups in total. The SMILES string of the molecule is NCCCC[C@H](N)C(=O)O.O=[P+](O)O. The van der Waals surface area contributed by atoms with Gasteiger partial charge in [0.05, 0.1) is 0 Å². The van der Waals surface area contributed by atoms with Gasteiger partial charge in [0.25, 0.3) is 0 Å². The maximum absolute atomic E-state index is 10.1. The third-order valence-electron chi connectivity index (χ3n) is 1.29. The van der Waals surface area contributed by atoms with Gasteiger partial charge < -0.3 is 16.6 Å². The zero-order valence-corrected chi connectivity index (χ0v) is 8.56. The van der Waals surface area contributed by atoms with Gasteiger partial charge in [0, 0.05) is 4.57 Å². The van der Waals surface area contributed by atoms with E-state index in [0.717, 1.165) is 12.8 Å². The summed E-state index contributed by atoms with van der Waals surface area (Å²) in [6.45, 7) is 0.604. The Labute approximate surface area is 82.7 Å². The first kappa shape index (κ1) is 15.9. The second-order valence-electron chi connectivity index (χ2n) is 2.48. The summed E-state index contributed by atoms with van der Waals surface area (Å²) in [7, 11) is -2.87. The molecule has 0 aliphatic heterocycles. The predicted molar refractivity (Wildman–Crippen MR) is 50.6 cm³/mol. The molecule has 0 fully saturated rings. The van der Waals surface area contributed by atoms with Gasteiger partial charge in [0.15, 0.2) is 0 Å². The minimum atomic E-state index is -2.87. The van der Waals surface area contributed by atoms with E-state index in [0.29, 0.717) is 13.0 Å². The zero-order chi connectivity index (χ0) is 11.6. The first-order valence-electron chi connectivity index (χ1n) is 3.95. The first-order chi connectivity index (χ1) is 6.41. The molecule has 8 heteroatoms. The Morgan fingerprint density at radius 1 is 1.36 bits per heavy atom. The maximum atomic E-state index is 10.1. The van der Waals surface area contributed by atoms with Gasteiger partial charge in [-0.25, -0.2) is 0 Å². The lowest BCUT2D eigenvalue weighted by Gasteiger charge is -2.03. The van der Waals surface area contributed by atoms with Crippen molar-refractivity contribution in [1.29, 1.82) is 0 Å². The zero-order valence-electron chi connectivity index (χ0n) is 7.67. The molecule has 0 spiro atoms. The minimum absolute atomic E-state index is 0.520. The Bertz CT molecular complexity index is 174. The van der Waals surface area contributed by atoms with Crippen molar-refractivity contribution in [2.24, 2.45) is 11.5 Å². The molecule has 0 bridgehead atoms. The molecule has 0 saturated heterocycles. The Kier molecular flexibility index (Phi) is 11.9. The molecular formula is C6H16N2O5P+. The topological polar surface area (TPSA) is 147 Å². The Morgan fingerprint density at radius 2 is 1.79 bits per heavy atom. The summed E-state index contributed by atoms with van der Waals surface area (Å²) in [5.74, 6) is -0.933. The highest BCUT2D eigenvalue weighted by Gasteiger charge is 2.09. The van der Waals surface area contributed by atoms with E-state index in [1.54, 1.807) is 0 Å². The smallest absolute Gasteiger partial charge is 0.480 e. The summed E-state index contributed by atoms with van der Waals surface area (Å²) in [5.41, 5.74) is 10.4. The molecule has 0 heterocycles. The average molecular weight is 227 g/mol. The summed E-state index contributed by atoms with van der Waals surface area (Å²) < 4.78 is 8.70. The van der Waals surface area contributed by atoms with Gasteiger partial charge in [0.1, 0.15) is 6.04 Å². The van der Waals surface area contributed by atoms with Crippen molar-refractivity contribution >= 4 is 14.2 Å². The number of hydrogen-bond acceptors (Lipinski definition) is 4. The number of nitrogens with two attached hydrogens (primary N) is 2. The van der Waals surface area contributed by atoms with E-state index in [1.165, 1.54) is 0 Å². The van der Waals surface area contributed by atoms with Crippen molar-refractivity contribution in [3.63, 3.8) is 0 Å². The van der Waals surface area contributed by atoms with Crippen molar-refractivity contribution in [2.75, 3.05) is 6.54 Å². The number of aliphatic carboxylic acids is 1. The predicted octanol–water partition coefficient (Wildman–Crippen LogP) is -0.844. The minimum Gasteiger partial charge on any atom is -0.480 e. The van der Waals surface area contributed by atoms with Gasteiger partial charge in [-0.15, -0.1) is 9.79 Å². The number of hydrogen-bond donors (Lipinski definition) is 5. The quantitative estimate of drug-likeness (QED) is 0.303. The monoisotopic (exact) mass is 227 g/mol. The second-order valence-corrected chi connectivity index (χ2v) is 2.99. The molecular weight excluding hydrogens is 211 g/mol. The molecule has 0 aliphatic rings. The Balaban J connectivity index is 0. The number of carboxylic acids is 1. The summed E-state index contributed by atoms with van der Waals surface area (Å²) >= 11 is 0. The molecule has 0 aliphatic carbocycles. The van der Waals surface area contributed by atoms with Gasteiger partial charge in [-0.3, -0.25) is 4.79 Å². The number of unbranched alkanes of at least 4 members (excludes halogenated alkanes) is 1. The number of carbonyl (C=O) groups is 1. The fraction of sp³-hybridized carbons (Fsp3) is 0.833. The van der Waals surface area contributed by atoms with E-state index in [1.807, 2.05) is 0 Å². The van der Waals surface area contributed by atoms with Gasteiger partial charge in [-0.05, 0) is 19.4 Å². The van der Waals surface area contributed by atoms with Crippen LogP contribution in [0.4, 0.5) is 0 Å². The first-order valence-corrected chi connectivity index (χ1v) is 5.11. The van der Waals surface area contributed by atoms with Crippen LogP contribution in [-0.4, -0.2) is 33.4 Å². The van der Waals surface area contributed by atoms with Crippen LogP contribution in [0.15, 0.2) is 0 Å². The van der Waals surface area contributed by atoms with Crippen molar-refractivity contribution in [2.45, 2.75) is 25.3 Å². The lowest BCUT2D eigenvalue weighted by molar-refractivity contribution is -0.138. The summed E-state index contributed by atoms with van der Waals surface area (Å²) in [5, 5.41) is 8.33. The van der Waals surface area contributed by atoms with Crippen LogP contribution in [0.25, 0.3) is 0 Å². The lowest BCUT2D eigenvalue weighted by Crippen LogP contribution is -2.29. The van der Waals surface area contributed by atoms with Crippen LogP contribution in [0.5, 0.6) is 0 Å². The van der Waals surface area contributed by atoms with Crippen molar-refractivity contribution in [3.8, 4) is 0 Å². The number of rotatable bonds is 5. The van der Waals surface area contributed by atoms with E-state index in [2.05, 4.69) is 0 Å². The summed E-state index contributed by atoms with van der Waals surface area (Å²) in [4.78, 5) is 24.4. The molecule has 0 radical (unpaired) electrons. The summed E-state index contributed by atoms with van der Waals surface area (Å²) in [6, 6.07) is -0.716. The van der Waals surface area contributed by atoms with E-state index in [9.17, 15) is 4.79 Å². The third kappa shape index (κ3) is 17.5. The molecule has 1 atom stereocenters. The molecule has 0 saturated carbocycles. The highest BCUT2D eigenvalue weighted by molar-refractivity contribution is 7.30. The van der Waals surface area contributed by atoms with Crippen LogP contribution in [0.3, 0.4) is 0 Å². The van der Waals surface area contributed by atoms with Crippen LogP contribution < -0.4 is 11.5 Å². The summed E-state index contributed by atoms with van der Waals surface area (Å²) in [6.07, 6.45) is 2.16. The fourth-order valence-electron chi connectivity index (χ4n) is 0.632. The maximum Gasteiger partial charge on any atom is 0.692 e. The van der Waals surface area contributed by atoms with Gasteiger partial charge in [0.2, 0.25) is 0 Å². The molecule has 0 unspecified atom stereocenters. The Morgan fingerprint density at radius 3 is 2.07 bits per heavy atom. The van der Waals surface area contributed by atoms with Crippen LogP contribution >= 0.6 is 8.25 Å². The van der Waals surface area contributed by atoms with Gasteiger partial charge in [-0.1, -0.05) is 6.42 Å². The second kappa shape index (κ2) is 10.5. The van der Waals surface area contributed by atoms with Crippen molar-refractivity contribution in [3.05, 3.63) is 0 Å². The van der Waals surface area contributed by atoms with E-state index in [-0.39, 0.29) is 0 Å². The molecule has 0 amide bonds. The molecule has 0 rings (SSSR count). The molecule has 0 aromatic rings. The molecule has 0 aromatic heterocycles. The lowest BCUT2D eigenvalue weighted by atomic mass is 10.1. The molecule has 14 heavy (non-hydrogen) atoms. The van der Waals surface area contributed by atoms with E-state index >= 15 is 0 Å². The molecule has 7 nitrogen and oxygen atoms in total. The Hall–Kier alpha value is -0.590. The van der Waals surface area contributed by atoms with Crippen molar-refractivity contribution in [1.82, 2.24) is 0 Å². The normalized spacial score (nSPS) is 11.1. The van der Waals surface area contributed by atoms with Crippen LogP contribution in [0.2, 0.25) is 0 Å². The fourth-order valence-corrected chi connectivity index (χ4v) is 0.632. The molecule has 0 aromatic carbocycles. The van der Waals surface area contributed by atoms with Crippen LogP contribution in [-0.2, 0) is 9.36 Å². The van der Waals surface area contributed by atoms with E-state index in [4.69, 9.17) is 30.9 Å². The highest BCUT2D eigenvalue weighted by Crippen LogP contribution is 1.98. The van der Waals surface area contributed by atoms with Crippen molar-refractivity contribution < 1.29 is 24.3 Å². The van der Waals surface area contributed by atoms with Crippen LogP contribution in [0.1, 0.15) is 19.3 Å². The van der Waals surface area contributed by atoms with Crippen LogP contribution in [0, 0.1) is 0 Å².